The van der Waals surface area contributed by atoms with E-state index < -0.39 is 0 Å². The van der Waals surface area contributed by atoms with Crippen LogP contribution in [0.5, 0.6) is 0 Å². The lowest BCUT2D eigenvalue weighted by molar-refractivity contribution is -0.119. The minimum atomic E-state index is -0.284. The van der Waals surface area contributed by atoms with Crippen LogP contribution in [0, 0.1) is 5.82 Å². The third-order valence-electron chi connectivity index (χ3n) is 2.79. The molecule has 0 unspecified atom stereocenters. The first-order chi connectivity index (χ1) is 8.61. The highest BCUT2D eigenvalue weighted by atomic mass is 35.5. The van der Waals surface area contributed by atoms with Gasteiger partial charge in [0.05, 0.1) is 17.6 Å². The predicted molar refractivity (Wildman–Crippen MR) is 80.9 cm³/mol. The molecule has 0 atom stereocenters. The van der Waals surface area contributed by atoms with Gasteiger partial charge in [-0.25, -0.2) is 9.37 Å². The second kappa shape index (κ2) is 8.04. The molecule has 0 saturated heterocycles. The molecule has 0 aliphatic carbocycles. The molecular weight excluding hydrogens is 306 g/mol. The van der Waals surface area contributed by atoms with Gasteiger partial charge in [0.15, 0.2) is 0 Å². The van der Waals surface area contributed by atoms with Crippen molar-refractivity contribution in [3.8, 4) is 0 Å². The molecule has 2 aromatic rings. The van der Waals surface area contributed by atoms with Gasteiger partial charge in [-0.1, -0.05) is 0 Å². The second-order valence-electron chi connectivity index (χ2n) is 4.02. The lowest BCUT2D eigenvalue weighted by atomic mass is 10.3. The van der Waals surface area contributed by atoms with Crippen molar-refractivity contribution >= 4 is 41.8 Å². The largest absolute Gasteiger partial charge is 0.355 e. The lowest BCUT2D eigenvalue weighted by Crippen LogP contribution is -2.32. The number of nitrogens with zero attached hydrogens (tertiary/aromatic N) is 2. The summed E-state index contributed by atoms with van der Waals surface area (Å²) < 4.78 is 14.9. The Kier molecular flexibility index (Phi) is 7.49. The summed E-state index contributed by atoms with van der Waals surface area (Å²) in [5.41, 5.74) is 6.68. The van der Waals surface area contributed by atoms with E-state index in [1.165, 1.54) is 12.1 Å². The summed E-state index contributed by atoms with van der Waals surface area (Å²) in [7, 11) is 1.83. The number of hydrogen-bond acceptors (Lipinski definition) is 3. The standard InChI is InChI=1S/C12H15FN4O.2ClH/c1-17-10-6-8(13)2-3-9(10)16-11(17)4-5-15-12(18)7-14;;/h2-3,6H,4-5,7,14H2,1H3,(H,15,18);2*1H. The van der Waals surface area contributed by atoms with E-state index in [9.17, 15) is 9.18 Å². The van der Waals surface area contributed by atoms with Crippen LogP contribution >= 0.6 is 24.8 Å². The highest BCUT2D eigenvalue weighted by Gasteiger charge is 2.08. The van der Waals surface area contributed by atoms with Crippen molar-refractivity contribution in [2.45, 2.75) is 6.42 Å². The number of carbonyl (C=O) groups is 1. The topological polar surface area (TPSA) is 72.9 Å². The Bertz CT molecular complexity index is 588. The van der Waals surface area contributed by atoms with Gasteiger partial charge in [0.1, 0.15) is 11.6 Å². The Balaban J connectivity index is 0.00000180. The first kappa shape index (κ1) is 18.6. The first-order valence-electron chi connectivity index (χ1n) is 5.69. The van der Waals surface area contributed by atoms with Gasteiger partial charge in [-0.05, 0) is 18.2 Å². The van der Waals surface area contributed by atoms with Crippen molar-refractivity contribution < 1.29 is 9.18 Å². The van der Waals surface area contributed by atoms with Crippen molar-refractivity contribution in [3.63, 3.8) is 0 Å². The molecule has 20 heavy (non-hydrogen) atoms. The van der Waals surface area contributed by atoms with Crippen LogP contribution in [0.3, 0.4) is 0 Å². The maximum atomic E-state index is 13.1. The molecule has 1 heterocycles. The van der Waals surface area contributed by atoms with Gasteiger partial charge in [-0.2, -0.15) is 0 Å². The number of aryl methyl sites for hydroxylation is 1. The van der Waals surface area contributed by atoms with E-state index in [0.717, 1.165) is 16.9 Å². The number of nitrogens with one attached hydrogen (secondary N) is 1. The van der Waals surface area contributed by atoms with Crippen molar-refractivity contribution in [1.82, 2.24) is 14.9 Å². The number of amides is 1. The summed E-state index contributed by atoms with van der Waals surface area (Å²) in [6.45, 7) is 0.448. The summed E-state index contributed by atoms with van der Waals surface area (Å²) >= 11 is 0. The molecule has 0 spiro atoms. The van der Waals surface area contributed by atoms with E-state index in [1.807, 2.05) is 11.6 Å². The van der Waals surface area contributed by atoms with Crippen LogP contribution in [0.25, 0.3) is 11.0 Å². The zero-order valence-corrected chi connectivity index (χ0v) is 12.6. The third kappa shape index (κ3) is 4.06. The van der Waals surface area contributed by atoms with Gasteiger partial charge in [0.2, 0.25) is 5.91 Å². The van der Waals surface area contributed by atoms with Crippen LogP contribution in [0.2, 0.25) is 0 Å². The Labute approximate surface area is 128 Å². The molecular formula is C12H17Cl2FN4O. The number of halogens is 3. The summed E-state index contributed by atoms with van der Waals surface area (Å²) in [6.07, 6.45) is 0.582. The van der Waals surface area contributed by atoms with Gasteiger partial charge < -0.3 is 15.6 Å². The molecule has 1 amide bonds. The van der Waals surface area contributed by atoms with E-state index in [-0.39, 0.29) is 43.1 Å². The molecule has 5 nitrogen and oxygen atoms in total. The number of imidazole rings is 1. The number of hydrogen-bond donors (Lipinski definition) is 2. The normalized spacial score (nSPS) is 9.75. The van der Waals surface area contributed by atoms with Gasteiger partial charge in [-0.15, -0.1) is 24.8 Å². The van der Waals surface area contributed by atoms with Crippen LogP contribution < -0.4 is 11.1 Å². The molecule has 0 aliphatic rings. The molecule has 8 heteroatoms. The van der Waals surface area contributed by atoms with Gasteiger partial charge in [-0.3, -0.25) is 4.79 Å². The Morgan fingerprint density at radius 1 is 1.45 bits per heavy atom. The smallest absolute Gasteiger partial charge is 0.233 e. The van der Waals surface area contributed by atoms with Gasteiger partial charge in [0.25, 0.3) is 0 Å². The number of fused-ring (bicyclic) bond motifs is 1. The molecule has 1 aromatic carbocycles. The SMILES string of the molecule is Cl.Cl.Cn1c(CCNC(=O)CN)nc2ccc(F)cc21. The third-order valence-corrected chi connectivity index (χ3v) is 2.79. The summed E-state index contributed by atoms with van der Waals surface area (Å²) in [5.74, 6) is 0.321. The predicted octanol–water partition coefficient (Wildman–Crippen LogP) is 1.17. The lowest BCUT2D eigenvalue weighted by Gasteiger charge is -2.04. The minimum Gasteiger partial charge on any atom is -0.355 e. The molecule has 0 saturated carbocycles. The van der Waals surface area contributed by atoms with Crippen LogP contribution in [-0.2, 0) is 18.3 Å². The molecule has 0 fully saturated rings. The molecule has 0 radical (unpaired) electrons. The maximum absolute atomic E-state index is 13.1. The van der Waals surface area contributed by atoms with Crippen molar-refractivity contribution in [2.24, 2.45) is 12.8 Å². The highest BCUT2D eigenvalue weighted by Crippen LogP contribution is 2.16. The minimum absolute atomic E-state index is 0. The number of aromatic nitrogens is 2. The van der Waals surface area contributed by atoms with Gasteiger partial charge in [0, 0.05) is 20.0 Å². The zero-order chi connectivity index (χ0) is 13.1. The Morgan fingerprint density at radius 2 is 2.15 bits per heavy atom. The second-order valence-corrected chi connectivity index (χ2v) is 4.02. The molecule has 1 aromatic heterocycles. The zero-order valence-electron chi connectivity index (χ0n) is 10.9. The summed E-state index contributed by atoms with van der Waals surface area (Å²) in [4.78, 5) is 15.4. The fourth-order valence-electron chi connectivity index (χ4n) is 1.82. The fraction of sp³-hybridized carbons (Fsp3) is 0.333. The number of nitrogens with two attached hydrogens (primary N) is 1. The summed E-state index contributed by atoms with van der Waals surface area (Å²) in [5, 5.41) is 2.67. The number of benzene rings is 1. The highest BCUT2D eigenvalue weighted by molar-refractivity contribution is 5.85. The first-order valence-corrected chi connectivity index (χ1v) is 5.69. The maximum Gasteiger partial charge on any atom is 0.233 e. The quantitative estimate of drug-likeness (QED) is 0.887. The fourth-order valence-corrected chi connectivity index (χ4v) is 1.82. The molecule has 112 valence electrons. The molecule has 0 bridgehead atoms. The monoisotopic (exact) mass is 322 g/mol. The van der Waals surface area contributed by atoms with Crippen LogP contribution in [0.4, 0.5) is 4.39 Å². The average molecular weight is 323 g/mol. The van der Waals surface area contributed by atoms with E-state index in [1.54, 1.807) is 6.07 Å². The van der Waals surface area contributed by atoms with Crippen LogP contribution in [-0.4, -0.2) is 28.5 Å². The summed E-state index contributed by atoms with van der Waals surface area (Å²) in [6, 6.07) is 4.48. The van der Waals surface area contributed by atoms with E-state index >= 15 is 0 Å². The van der Waals surface area contributed by atoms with Crippen LogP contribution in [0.15, 0.2) is 18.2 Å². The van der Waals surface area contributed by atoms with Crippen molar-refractivity contribution in [2.75, 3.05) is 13.1 Å². The van der Waals surface area contributed by atoms with Crippen molar-refractivity contribution in [3.05, 3.63) is 29.8 Å². The Morgan fingerprint density at radius 3 is 2.80 bits per heavy atom. The van der Waals surface area contributed by atoms with Crippen molar-refractivity contribution in [1.29, 1.82) is 0 Å². The van der Waals surface area contributed by atoms with E-state index in [0.29, 0.717) is 13.0 Å². The molecule has 3 N–H and O–H groups in total. The number of carbonyl (C=O) groups excluding carboxylic acids is 1. The van der Waals surface area contributed by atoms with Gasteiger partial charge >= 0.3 is 0 Å². The van der Waals surface area contributed by atoms with Crippen LogP contribution in [0.1, 0.15) is 5.82 Å². The van der Waals surface area contributed by atoms with E-state index in [4.69, 9.17) is 5.73 Å². The Hall–Kier alpha value is -1.37. The van der Waals surface area contributed by atoms with E-state index in [2.05, 4.69) is 10.3 Å². The average Bonchev–Trinajstić information content (AvgIpc) is 2.66. The molecule has 0 aliphatic heterocycles. The number of rotatable bonds is 4. The molecule has 2 rings (SSSR count).